The van der Waals surface area contributed by atoms with Crippen molar-refractivity contribution in [1.82, 2.24) is 4.98 Å². The van der Waals surface area contributed by atoms with Gasteiger partial charge >= 0.3 is 0 Å². The van der Waals surface area contributed by atoms with Crippen LogP contribution in [0.5, 0.6) is 0 Å². The number of benzene rings is 3. The zero-order valence-electron chi connectivity index (χ0n) is 15.4. The van der Waals surface area contributed by atoms with Crippen LogP contribution in [-0.2, 0) is 10.1 Å². The molecule has 0 aliphatic rings. The molecule has 0 aliphatic heterocycles. The summed E-state index contributed by atoms with van der Waals surface area (Å²) >= 11 is 6.82. The van der Waals surface area contributed by atoms with Crippen LogP contribution in [0.2, 0.25) is 5.02 Å². The second-order valence-corrected chi connectivity index (χ2v) is 8.78. The Hall–Kier alpha value is -2.78. The van der Waals surface area contributed by atoms with Crippen LogP contribution in [0.25, 0.3) is 22.4 Å². The van der Waals surface area contributed by atoms with E-state index in [2.05, 4.69) is 41.4 Å². The van der Waals surface area contributed by atoms with E-state index >= 15 is 0 Å². The number of rotatable bonds is 3. The van der Waals surface area contributed by atoms with E-state index in [1.165, 1.54) is 28.5 Å². The van der Waals surface area contributed by atoms with Crippen molar-refractivity contribution in [1.29, 1.82) is 0 Å². The van der Waals surface area contributed by atoms with Gasteiger partial charge in [-0.1, -0.05) is 66.2 Å². The van der Waals surface area contributed by atoms with Crippen LogP contribution in [0.1, 0.15) is 0 Å². The number of hydrogen-bond donors (Lipinski definition) is 2. The SMILES string of the molecule is Nc1nc(-c2ccc(-c3ccccc3)cc2)cs1.O=S(=O)(O)c1ccc(Cl)cc1F. The van der Waals surface area contributed by atoms with Crippen molar-refractivity contribution in [3.8, 4) is 22.4 Å². The minimum Gasteiger partial charge on any atom is -0.375 e. The molecule has 0 atom stereocenters. The van der Waals surface area contributed by atoms with Gasteiger partial charge in [-0.2, -0.15) is 8.42 Å². The molecule has 4 rings (SSSR count). The van der Waals surface area contributed by atoms with Crippen LogP contribution < -0.4 is 5.73 Å². The van der Waals surface area contributed by atoms with Crippen LogP contribution in [0.4, 0.5) is 9.52 Å². The topological polar surface area (TPSA) is 93.3 Å². The fraction of sp³-hybridized carbons (Fsp3) is 0. The third-order valence-electron chi connectivity index (χ3n) is 3.98. The molecule has 0 aliphatic carbocycles. The summed E-state index contributed by atoms with van der Waals surface area (Å²) in [5.41, 5.74) is 10.1. The molecule has 154 valence electrons. The largest absolute Gasteiger partial charge is 0.375 e. The van der Waals surface area contributed by atoms with E-state index in [0.29, 0.717) is 5.13 Å². The summed E-state index contributed by atoms with van der Waals surface area (Å²) in [5, 5.41) is 2.66. The summed E-state index contributed by atoms with van der Waals surface area (Å²) in [4.78, 5) is 3.51. The Labute approximate surface area is 182 Å². The summed E-state index contributed by atoms with van der Waals surface area (Å²) in [6, 6.07) is 21.6. The maximum Gasteiger partial charge on any atom is 0.297 e. The highest BCUT2D eigenvalue weighted by atomic mass is 35.5. The molecule has 0 saturated carbocycles. The van der Waals surface area contributed by atoms with E-state index in [1.54, 1.807) is 0 Å². The molecular weight excluding hydrogens is 447 g/mol. The lowest BCUT2D eigenvalue weighted by molar-refractivity contribution is 0.473. The molecule has 0 saturated heterocycles. The Morgan fingerprint density at radius 3 is 2.07 bits per heavy atom. The number of anilines is 1. The van der Waals surface area contributed by atoms with Crippen molar-refractivity contribution in [2.45, 2.75) is 4.90 Å². The number of thiazole rings is 1. The van der Waals surface area contributed by atoms with Gasteiger partial charge in [0, 0.05) is 16.0 Å². The molecule has 0 amide bonds. The molecule has 5 nitrogen and oxygen atoms in total. The third-order valence-corrected chi connectivity index (χ3v) is 5.78. The van der Waals surface area contributed by atoms with Crippen molar-refractivity contribution >= 4 is 38.2 Å². The van der Waals surface area contributed by atoms with Crippen LogP contribution in [0.15, 0.2) is 83.1 Å². The zero-order valence-corrected chi connectivity index (χ0v) is 17.8. The Bertz CT molecular complexity index is 1250. The first-order valence-corrected chi connectivity index (χ1v) is 11.2. The van der Waals surface area contributed by atoms with Gasteiger partial charge in [0.25, 0.3) is 10.1 Å². The van der Waals surface area contributed by atoms with E-state index in [1.807, 2.05) is 23.6 Å². The average Bonchev–Trinajstić information content (AvgIpc) is 3.15. The smallest absolute Gasteiger partial charge is 0.297 e. The molecule has 3 aromatic carbocycles. The Morgan fingerprint density at radius 1 is 0.933 bits per heavy atom. The lowest BCUT2D eigenvalue weighted by Crippen LogP contribution is -2.00. The van der Waals surface area contributed by atoms with Crippen LogP contribution in [0.3, 0.4) is 0 Å². The van der Waals surface area contributed by atoms with Crippen LogP contribution in [0, 0.1) is 5.82 Å². The Morgan fingerprint density at radius 2 is 1.53 bits per heavy atom. The fourth-order valence-corrected chi connectivity index (χ4v) is 3.85. The highest BCUT2D eigenvalue weighted by molar-refractivity contribution is 7.85. The molecule has 9 heteroatoms. The summed E-state index contributed by atoms with van der Waals surface area (Å²) in [7, 11) is -4.48. The minimum atomic E-state index is -4.48. The molecule has 0 radical (unpaired) electrons. The van der Waals surface area contributed by atoms with Gasteiger partial charge in [-0.05, 0) is 29.3 Å². The lowest BCUT2D eigenvalue weighted by atomic mass is 10.0. The third kappa shape index (κ3) is 5.64. The molecule has 1 aromatic heterocycles. The number of aromatic nitrogens is 1. The van der Waals surface area contributed by atoms with E-state index < -0.39 is 20.8 Å². The second-order valence-electron chi connectivity index (χ2n) is 6.06. The normalized spacial score (nSPS) is 10.9. The Kier molecular flexibility index (Phi) is 6.84. The van der Waals surface area contributed by atoms with Gasteiger partial charge in [-0.3, -0.25) is 4.55 Å². The number of nitrogens with two attached hydrogens (primary N) is 1. The van der Waals surface area contributed by atoms with Gasteiger partial charge in [0.15, 0.2) is 5.13 Å². The molecule has 0 spiro atoms. The van der Waals surface area contributed by atoms with E-state index in [9.17, 15) is 12.8 Å². The minimum absolute atomic E-state index is 0.0694. The molecule has 0 fully saturated rings. The number of nitrogen functional groups attached to an aromatic ring is 1. The highest BCUT2D eigenvalue weighted by Crippen LogP contribution is 2.26. The van der Waals surface area contributed by atoms with Gasteiger partial charge in [0.1, 0.15) is 10.7 Å². The quantitative estimate of drug-likeness (QED) is 0.376. The monoisotopic (exact) mass is 462 g/mol. The summed E-state index contributed by atoms with van der Waals surface area (Å²) < 4.78 is 42.0. The molecule has 1 heterocycles. The maximum atomic E-state index is 12.7. The molecule has 30 heavy (non-hydrogen) atoms. The first kappa shape index (κ1) is 21.9. The van der Waals surface area contributed by atoms with Crippen molar-refractivity contribution in [2.24, 2.45) is 0 Å². The first-order chi connectivity index (χ1) is 14.2. The first-order valence-electron chi connectivity index (χ1n) is 8.53. The predicted octanol–water partition coefficient (Wildman–Crippen LogP) is 5.79. The maximum absolute atomic E-state index is 12.7. The molecule has 4 aromatic rings. The average molecular weight is 463 g/mol. The van der Waals surface area contributed by atoms with Crippen molar-refractivity contribution in [3.63, 3.8) is 0 Å². The number of halogens is 2. The van der Waals surface area contributed by atoms with Crippen LogP contribution >= 0.6 is 22.9 Å². The summed E-state index contributed by atoms with van der Waals surface area (Å²) in [5.74, 6) is -1.06. The van der Waals surface area contributed by atoms with Gasteiger partial charge in [0.05, 0.1) is 5.69 Å². The fourth-order valence-electron chi connectivity index (χ4n) is 2.57. The standard InChI is InChI=1S/C15H12N2S.C6H4ClFO3S/c16-15-17-14(10-18-15)13-8-6-12(7-9-13)11-4-2-1-3-5-11;7-4-1-2-6(5(8)3-4)12(9,10)11/h1-10H,(H2,16,17);1-3H,(H,9,10,11). The molecule has 0 unspecified atom stereocenters. The van der Waals surface area contributed by atoms with E-state index in [0.717, 1.165) is 23.4 Å². The number of hydrogen-bond acceptors (Lipinski definition) is 5. The van der Waals surface area contributed by atoms with Crippen molar-refractivity contribution in [2.75, 3.05) is 5.73 Å². The Balaban J connectivity index is 0.000000187. The number of nitrogens with zero attached hydrogens (tertiary/aromatic N) is 1. The van der Waals surface area contributed by atoms with Crippen LogP contribution in [-0.4, -0.2) is 18.0 Å². The van der Waals surface area contributed by atoms with Crippen molar-refractivity contribution < 1.29 is 17.4 Å². The van der Waals surface area contributed by atoms with E-state index in [4.69, 9.17) is 21.9 Å². The summed E-state index contributed by atoms with van der Waals surface area (Å²) in [6.07, 6.45) is 0. The van der Waals surface area contributed by atoms with Crippen molar-refractivity contribution in [3.05, 3.63) is 89.0 Å². The second kappa shape index (κ2) is 9.36. The molecule has 0 bridgehead atoms. The van der Waals surface area contributed by atoms with Gasteiger partial charge < -0.3 is 5.73 Å². The predicted molar refractivity (Wildman–Crippen MR) is 119 cm³/mol. The van der Waals surface area contributed by atoms with Gasteiger partial charge in [-0.15, -0.1) is 11.3 Å². The molecule has 3 N–H and O–H groups in total. The summed E-state index contributed by atoms with van der Waals surface area (Å²) in [6.45, 7) is 0. The highest BCUT2D eigenvalue weighted by Gasteiger charge is 2.15. The molecular formula is C21H16ClFN2O3S2. The lowest BCUT2D eigenvalue weighted by Gasteiger charge is -2.02. The zero-order chi connectivity index (χ0) is 21.7. The van der Waals surface area contributed by atoms with E-state index in [-0.39, 0.29) is 5.02 Å². The van der Waals surface area contributed by atoms with Gasteiger partial charge in [0.2, 0.25) is 0 Å². The van der Waals surface area contributed by atoms with Gasteiger partial charge in [-0.25, -0.2) is 9.37 Å².